The first-order chi connectivity index (χ1) is 13.0. The summed E-state index contributed by atoms with van der Waals surface area (Å²) in [5, 5.41) is 3.45. The van der Waals surface area contributed by atoms with Crippen LogP contribution in [0.1, 0.15) is 6.42 Å². The molecule has 1 aliphatic rings. The zero-order chi connectivity index (χ0) is 18.9. The lowest BCUT2D eigenvalue weighted by Crippen LogP contribution is -2.38. The number of benzene rings is 1. The predicted octanol–water partition coefficient (Wildman–Crippen LogP) is 2.04. The van der Waals surface area contributed by atoms with E-state index < -0.39 is 9.84 Å². The van der Waals surface area contributed by atoms with Crippen molar-refractivity contribution in [2.75, 3.05) is 18.1 Å². The van der Waals surface area contributed by atoms with Crippen LogP contribution in [0.2, 0.25) is 0 Å². The topological polar surface area (TPSA) is 98.2 Å². The molecule has 7 nitrogen and oxygen atoms in total. The lowest BCUT2D eigenvalue weighted by molar-refractivity contribution is -0.123. The van der Waals surface area contributed by atoms with Gasteiger partial charge in [-0.1, -0.05) is 30.3 Å². The van der Waals surface area contributed by atoms with Crippen molar-refractivity contribution in [2.24, 2.45) is 0 Å². The molecule has 9 heteroatoms. The molecule has 1 amide bonds. The highest BCUT2D eigenvalue weighted by Gasteiger charge is 2.29. The van der Waals surface area contributed by atoms with Gasteiger partial charge in [-0.2, -0.15) is 0 Å². The SMILES string of the molecule is O=C(COc1ncnc2sc(-c3ccccc3)cc12)N[C@H]1CCS(=O)(=O)C1. The molecule has 1 saturated heterocycles. The highest BCUT2D eigenvalue weighted by molar-refractivity contribution is 7.91. The minimum Gasteiger partial charge on any atom is -0.467 e. The molecule has 2 aromatic heterocycles. The Kier molecular flexibility index (Phi) is 4.79. The monoisotopic (exact) mass is 403 g/mol. The standard InChI is InChI=1S/C18H17N3O4S2/c22-16(21-13-6-7-27(23,24)10-13)9-25-17-14-8-15(12-4-2-1-3-5-12)26-18(14)20-11-19-17/h1-5,8,11,13H,6-7,9-10H2,(H,21,22)/t13-/m0/s1. The first-order valence-corrected chi connectivity index (χ1v) is 11.1. The highest BCUT2D eigenvalue weighted by atomic mass is 32.2. The van der Waals surface area contributed by atoms with E-state index in [1.807, 2.05) is 36.4 Å². The van der Waals surface area contributed by atoms with Crippen molar-refractivity contribution < 1.29 is 17.9 Å². The normalized spacial score (nSPS) is 18.4. The summed E-state index contributed by atoms with van der Waals surface area (Å²) in [4.78, 5) is 22.3. The van der Waals surface area contributed by atoms with Crippen LogP contribution >= 0.6 is 11.3 Å². The molecular weight excluding hydrogens is 386 g/mol. The fourth-order valence-corrected chi connectivity index (χ4v) is 5.67. The Morgan fingerprint density at radius 1 is 1.26 bits per heavy atom. The van der Waals surface area contributed by atoms with Gasteiger partial charge in [0.2, 0.25) is 5.88 Å². The number of nitrogens with one attached hydrogen (secondary N) is 1. The van der Waals surface area contributed by atoms with Gasteiger partial charge in [0, 0.05) is 10.9 Å². The first kappa shape index (κ1) is 17.9. The van der Waals surface area contributed by atoms with Crippen molar-refractivity contribution in [3.63, 3.8) is 0 Å². The molecule has 3 aromatic rings. The smallest absolute Gasteiger partial charge is 0.258 e. The average molecular weight is 403 g/mol. The number of thiophene rings is 1. The second kappa shape index (κ2) is 7.24. The van der Waals surface area contributed by atoms with Gasteiger partial charge >= 0.3 is 0 Å². The molecule has 1 atom stereocenters. The molecule has 1 aromatic carbocycles. The molecule has 4 rings (SSSR count). The van der Waals surface area contributed by atoms with Crippen molar-refractivity contribution in [3.8, 4) is 16.3 Å². The average Bonchev–Trinajstić information content (AvgIpc) is 3.24. The van der Waals surface area contributed by atoms with Crippen LogP contribution in [0.25, 0.3) is 20.7 Å². The third-order valence-electron chi connectivity index (χ3n) is 4.29. The highest BCUT2D eigenvalue weighted by Crippen LogP contribution is 2.35. The third-order valence-corrected chi connectivity index (χ3v) is 7.15. The van der Waals surface area contributed by atoms with Crippen molar-refractivity contribution >= 4 is 37.3 Å². The lowest BCUT2D eigenvalue weighted by Gasteiger charge is -2.11. The first-order valence-electron chi connectivity index (χ1n) is 8.43. The molecule has 0 radical (unpaired) electrons. The quantitative estimate of drug-likeness (QED) is 0.700. The molecule has 3 heterocycles. The summed E-state index contributed by atoms with van der Waals surface area (Å²) in [6.07, 6.45) is 1.85. The summed E-state index contributed by atoms with van der Waals surface area (Å²) in [6.45, 7) is -0.223. The molecule has 1 fully saturated rings. The molecule has 0 spiro atoms. The molecule has 0 saturated carbocycles. The number of aromatic nitrogens is 2. The van der Waals surface area contributed by atoms with Crippen LogP contribution < -0.4 is 10.1 Å². The number of amides is 1. The van der Waals surface area contributed by atoms with E-state index >= 15 is 0 Å². The number of sulfone groups is 1. The maximum absolute atomic E-state index is 12.1. The summed E-state index contributed by atoms with van der Waals surface area (Å²) in [5.41, 5.74) is 1.08. The van der Waals surface area contributed by atoms with Gasteiger partial charge in [-0.3, -0.25) is 4.79 Å². The van der Waals surface area contributed by atoms with E-state index in [2.05, 4.69) is 15.3 Å². The summed E-state index contributed by atoms with van der Waals surface area (Å²) in [5.74, 6) is 0.0826. The van der Waals surface area contributed by atoms with Gasteiger partial charge < -0.3 is 10.1 Å². The van der Waals surface area contributed by atoms with Crippen LogP contribution in [0.15, 0.2) is 42.7 Å². The number of hydrogen-bond donors (Lipinski definition) is 1. The van der Waals surface area contributed by atoms with Crippen LogP contribution in [0.3, 0.4) is 0 Å². The van der Waals surface area contributed by atoms with Crippen molar-refractivity contribution in [2.45, 2.75) is 12.5 Å². The lowest BCUT2D eigenvalue weighted by atomic mass is 10.2. The number of fused-ring (bicyclic) bond motifs is 1. The Labute approximate surface area is 160 Å². The molecule has 1 N–H and O–H groups in total. The minimum atomic E-state index is -3.04. The summed E-state index contributed by atoms with van der Waals surface area (Å²) in [6, 6.07) is 11.5. The number of ether oxygens (including phenoxy) is 1. The Bertz CT molecular complexity index is 1080. The van der Waals surface area contributed by atoms with E-state index in [1.165, 1.54) is 17.7 Å². The van der Waals surface area contributed by atoms with Gasteiger partial charge in [0.1, 0.15) is 11.2 Å². The van der Waals surface area contributed by atoms with E-state index in [9.17, 15) is 13.2 Å². The van der Waals surface area contributed by atoms with Gasteiger partial charge in [0.15, 0.2) is 16.4 Å². The van der Waals surface area contributed by atoms with Gasteiger partial charge in [0.05, 0.1) is 16.9 Å². The van der Waals surface area contributed by atoms with E-state index in [1.54, 1.807) is 0 Å². The number of hydrogen-bond acceptors (Lipinski definition) is 7. The maximum atomic E-state index is 12.1. The number of carbonyl (C=O) groups excluding carboxylic acids is 1. The molecule has 0 unspecified atom stereocenters. The van der Waals surface area contributed by atoms with Gasteiger partial charge in [-0.15, -0.1) is 11.3 Å². The van der Waals surface area contributed by atoms with Crippen molar-refractivity contribution in [1.82, 2.24) is 15.3 Å². The van der Waals surface area contributed by atoms with Crippen LogP contribution in [-0.4, -0.2) is 48.4 Å². The van der Waals surface area contributed by atoms with Crippen LogP contribution in [-0.2, 0) is 14.6 Å². The number of rotatable bonds is 5. The predicted molar refractivity (Wildman–Crippen MR) is 104 cm³/mol. The molecule has 0 aliphatic carbocycles. The van der Waals surface area contributed by atoms with Gasteiger partial charge in [-0.05, 0) is 18.1 Å². The largest absolute Gasteiger partial charge is 0.467 e. The minimum absolute atomic E-state index is 0.0124. The molecule has 140 valence electrons. The Hall–Kier alpha value is -2.52. The van der Waals surface area contributed by atoms with E-state index in [-0.39, 0.29) is 30.1 Å². The Morgan fingerprint density at radius 3 is 2.81 bits per heavy atom. The van der Waals surface area contributed by atoms with Crippen LogP contribution in [0.5, 0.6) is 5.88 Å². The Morgan fingerprint density at radius 2 is 2.07 bits per heavy atom. The summed E-state index contributed by atoms with van der Waals surface area (Å²) in [7, 11) is -3.04. The molecule has 0 bridgehead atoms. The number of carbonyl (C=O) groups is 1. The van der Waals surface area contributed by atoms with E-state index in [4.69, 9.17) is 4.74 Å². The second-order valence-electron chi connectivity index (χ2n) is 6.33. The fraction of sp³-hybridized carbons (Fsp3) is 0.278. The van der Waals surface area contributed by atoms with E-state index in [0.29, 0.717) is 12.3 Å². The number of nitrogens with zero attached hydrogens (tertiary/aromatic N) is 2. The van der Waals surface area contributed by atoms with E-state index in [0.717, 1.165) is 20.7 Å². The van der Waals surface area contributed by atoms with Gasteiger partial charge in [-0.25, -0.2) is 18.4 Å². The zero-order valence-corrected chi connectivity index (χ0v) is 15.9. The van der Waals surface area contributed by atoms with Crippen molar-refractivity contribution in [3.05, 3.63) is 42.7 Å². The molecule has 1 aliphatic heterocycles. The zero-order valence-electron chi connectivity index (χ0n) is 14.3. The van der Waals surface area contributed by atoms with Crippen LogP contribution in [0.4, 0.5) is 0 Å². The summed E-state index contributed by atoms with van der Waals surface area (Å²) < 4.78 is 28.5. The van der Waals surface area contributed by atoms with Crippen LogP contribution in [0, 0.1) is 0 Å². The third kappa shape index (κ3) is 4.09. The maximum Gasteiger partial charge on any atom is 0.258 e. The fourth-order valence-electron chi connectivity index (χ4n) is 3.01. The molecule has 27 heavy (non-hydrogen) atoms. The second-order valence-corrected chi connectivity index (χ2v) is 9.59. The Balaban J connectivity index is 1.46. The summed E-state index contributed by atoms with van der Waals surface area (Å²) >= 11 is 1.53. The van der Waals surface area contributed by atoms with Crippen molar-refractivity contribution in [1.29, 1.82) is 0 Å². The molecular formula is C18H17N3O4S2. The van der Waals surface area contributed by atoms with Gasteiger partial charge in [0.25, 0.3) is 5.91 Å².